The van der Waals surface area contributed by atoms with Crippen LogP contribution in [0.2, 0.25) is 0 Å². The number of rotatable bonds is 19. The molecule has 0 aromatic rings. The first-order valence-corrected chi connectivity index (χ1v) is 17.8. The van der Waals surface area contributed by atoms with E-state index in [1.807, 2.05) is 0 Å². The van der Waals surface area contributed by atoms with Crippen molar-refractivity contribution in [1.29, 1.82) is 0 Å². The van der Waals surface area contributed by atoms with E-state index in [2.05, 4.69) is 70.9 Å². The van der Waals surface area contributed by atoms with E-state index in [1.165, 1.54) is 63.2 Å². The standard InChI is InChI=1S/C36H61NO9/c1-26(2)9-7-10-27(3)31-13-14-32-30-12-11-28-25-29(15-17-35(28,4)33(30)16-18-36(31,32)5)43-34(38)37-19-8-20-41-44-46-45-42-24-23-40-22-21-39-6/h8,11,20,26-27,29-33H,7,9-10,12-19,21-25H2,1-6H3,(H,37,38)/b20-8+/t27?,29?,30?,31?,32?,33?,35-,36+/m0/s1. The minimum atomic E-state index is -0.429. The lowest BCUT2D eigenvalue weighted by atomic mass is 9.47. The van der Waals surface area contributed by atoms with Crippen LogP contribution in [0.1, 0.15) is 105 Å². The highest BCUT2D eigenvalue weighted by Gasteiger charge is 2.59. The van der Waals surface area contributed by atoms with Gasteiger partial charge in [0.1, 0.15) is 19.0 Å². The molecule has 0 aliphatic heterocycles. The molecule has 264 valence electrons. The number of ether oxygens (including phenoxy) is 3. The van der Waals surface area contributed by atoms with Crippen LogP contribution < -0.4 is 5.32 Å². The molecule has 3 saturated carbocycles. The zero-order chi connectivity index (χ0) is 33.0. The molecule has 0 radical (unpaired) electrons. The third-order valence-electron chi connectivity index (χ3n) is 11.9. The maximum absolute atomic E-state index is 12.5. The van der Waals surface area contributed by atoms with Gasteiger partial charge in [-0.3, -0.25) is 0 Å². The molecule has 10 nitrogen and oxygen atoms in total. The summed E-state index contributed by atoms with van der Waals surface area (Å²) < 4.78 is 15.9. The number of carbonyl (C=O) groups excluding carboxylic acids is 1. The minimum Gasteiger partial charge on any atom is -0.446 e. The largest absolute Gasteiger partial charge is 0.446 e. The summed E-state index contributed by atoms with van der Waals surface area (Å²) >= 11 is 0. The monoisotopic (exact) mass is 651 g/mol. The molecular formula is C36H61NO9. The summed E-state index contributed by atoms with van der Waals surface area (Å²) in [6.07, 6.45) is 18.5. The molecule has 0 aromatic carbocycles. The van der Waals surface area contributed by atoms with Gasteiger partial charge in [-0.15, -0.1) is 0 Å². The average Bonchev–Trinajstić information content (AvgIpc) is 3.38. The van der Waals surface area contributed by atoms with Gasteiger partial charge < -0.3 is 24.4 Å². The predicted molar refractivity (Wildman–Crippen MR) is 173 cm³/mol. The molecule has 0 heterocycles. The maximum Gasteiger partial charge on any atom is 0.407 e. The molecule has 1 amide bonds. The van der Waals surface area contributed by atoms with Gasteiger partial charge in [0.15, 0.2) is 0 Å². The lowest BCUT2D eigenvalue weighted by Crippen LogP contribution is -2.51. The van der Waals surface area contributed by atoms with Crippen LogP contribution in [-0.2, 0) is 39.1 Å². The molecule has 4 aliphatic rings. The third-order valence-corrected chi connectivity index (χ3v) is 11.9. The van der Waals surface area contributed by atoms with Crippen LogP contribution in [0.15, 0.2) is 24.0 Å². The van der Waals surface area contributed by atoms with E-state index in [-0.39, 0.29) is 24.7 Å². The van der Waals surface area contributed by atoms with Crippen molar-refractivity contribution in [2.45, 2.75) is 111 Å². The second-order valence-corrected chi connectivity index (χ2v) is 15.0. The molecule has 0 spiro atoms. The molecule has 6 unspecified atom stereocenters. The number of allylic oxidation sites excluding steroid dienone is 1. The lowest BCUT2D eigenvalue weighted by molar-refractivity contribution is -0.700. The van der Waals surface area contributed by atoms with E-state index in [4.69, 9.17) is 14.2 Å². The number of methoxy groups -OCH3 is 1. The highest BCUT2D eigenvalue weighted by atomic mass is 17.8. The highest BCUT2D eigenvalue weighted by molar-refractivity contribution is 5.67. The van der Waals surface area contributed by atoms with E-state index in [0.717, 1.165) is 54.8 Å². The molecule has 46 heavy (non-hydrogen) atoms. The molecule has 3 fully saturated rings. The van der Waals surface area contributed by atoms with Crippen LogP contribution in [0.5, 0.6) is 0 Å². The van der Waals surface area contributed by atoms with Crippen molar-refractivity contribution in [1.82, 2.24) is 5.32 Å². The molecule has 0 bridgehead atoms. The van der Waals surface area contributed by atoms with Gasteiger partial charge in [0.25, 0.3) is 0 Å². The van der Waals surface area contributed by atoms with Crippen molar-refractivity contribution in [2.24, 2.45) is 46.3 Å². The molecule has 0 aromatic heterocycles. The van der Waals surface area contributed by atoms with E-state index in [0.29, 0.717) is 25.2 Å². The van der Waals surface area contributed by atoms with Crippen LogP contribution in [0.3, 0.4) is 0 Å². The molecular weight excluding hydrogens is 590 g/mol. The normalized spacial score (nSPS) is 32.8. The van der Waals surface area contributed by atoms with E-state index in [1.54, 1.807) is 13.2 Å². The quantitative estimate of drug-likeness (QED) is 0.0489. The summed E-state index contributed by atoms with van der Waals surface area (Å²) in [6, 6.07) is 0. The van der Waals surface area contributed by atoms with Crippen molar-refractivity contribution < 1.29 is 43.9 Å². The van der Waals surface area contributed by atoms with Gasteiger partial charge in [0, 0.05) is 30.2 Å². The SMILES string of the molecule is COCCOCCOOOOO/C=C/CNC(=O)OC1CC[C@@]2(C)C(=CCC3C4CCC(C(C)CCCC(C)C)[C@@]4(C)CCC32)C1. The predicted octanol–water partition coefficient (Wildman–Crippen LogP) is 8.04. The maximum atomic E-state index is 12.5. The summed E-state index contributed by atoms with van der Waals surface area (Å²) in [4.78, 5) is 21.8. The number of carbonyl (C=O) groups is 1. The van der Waals surface area contributed by atoms with Crippen LogP contribution in [0.4, 0.5) is 4.79 Å². The molecule has 8 atom stereocenters. The number of amides is 1. The number of fused-ring (bicyclic) bond motifs is 5. The third kappa shape index (κ3) is 9.69. The Morgan fingerprint density at radius 3 is 2.61 bits per heavy atom. The summed E-state index contributed by atoms with van der Waals surface area (Å²) in [5, 5.41) is 15.6. The van der Waals surface area contributed by atoms with Crippen LogP contribution in [0, 0.1) is 46.3 Å². The fourth-order valence-corrected chi connectivity index (χ4v) is 9.62. The van der Waals surface area contributed by atoms with Crippen molar-refractivity contribution in [3.05, 3.63) is 24.0 Å². The number of alkyl carbamates (subject to hydrolysis) is 1. The molecule has 1 N–H and O–H groups in total. The fraction of sp³-hybridized carbons (Fsp3) is 0.861. The Morgan fingerprint density at radius 2 is 1.80 bits per heavy atom. The summed E-state index contributed by atoms with van der Waals surface area (Å²) in [7, 11) is 1.60. The first kappa shape index (κ1) is 37.1. The number of nitrogens with one attached hydrogen (secondary N) is 1. The van der Waals surface area contributed by atoms with Gasteiger partial charge in [-0.25, -0.2) is 9.68 Å². The Balaban J connectivity index is 1.15. The molecule has 4 rings (SSSR count). The van der Waals surface area contributed by atoms with Crippen LogP contribution in [0.25, 0.3) is 0 Å². The molecule has 0 saturated heterocycles. The first-order chi connectivity index (χ1) is 22.2. The summed E-state index contributed by atoms with van der Waals surface area (Å²) in [5.41, 5.74) is 2.25. The minimum absolute atomic E-state index is 0.0910. The first-order valence-electron chi connectivity index (χ1n) is 17.8. The topological polar surface area (TPSA) is 103 Å². The van der Waals surface area contributed by atoms with Gasteiger partial charge in [0.2, 0.25) is 0 Å². The zero-order valence-corrected chi connectivity index (χ0v) is 29.3. The van der Waals surface area contributed by atoms with Gasteiger partial charge in [-0.1, -0.05) is 65.5 Å². The summed E-state index contributed by atoms with van der Waals surface area (Å²) in [6.45, 7) is 14.1. The second kappa shape index (κ2) is 18.2. The van der Waals surface area contributed by atoms with E-state index >= 15 is 0 Å². The Bertz CT molecular complexity index is 989. The number of hydrogen-bond donors (Lipinski definition) is 1. The smallest absolute Gasteiger partial charge is 0.407 e. The fourth-order valence-electron chi connectivity index (χ4n) is 9.62. The Hall–Kier alpha value is -1.69. The van der Waals surface area contributed by atoms with Crippen molar-refractivity contribution in [3.63, 3.8) is 0 Å². The van der Waals surface area contributed by atoms with Gasteiger partial charge in [-0.05, 0) is 102 Å². The van der Waals surface area contributed by atoms with Crippen molar-refractivity contribution in [3.8, 4) is 0 Å². The van der Waals surface area contributed by atoms with Crippen molar-refractivity contribution >= 4 is 6.09 Å². The van der Waals surface area contributed by atoms with Crippen molar-refractivity contribution in [2.75, 3.05) is 40.1 Å². The number of hydrogen-bond acceptors (Lipinski definition) is 9. The highest BCUT2D eigenvalue weighted by Crippen LogP contribution is 2.67. The molecule has 10 heteroatoms. The Labute approximate surface area is 276 Å². The van der Waals surface area contributed by atoms with E-state index < -0.39 is 6.09 Å². The van der Waals surface area contributed by atoms with Gasteiger partial charge >= 0.3 is 6.09 Å². The summed E-state index contributed by atoms with van der Waals surface area (Å²) in [5.74, 6) is 4.93. The second-order valence-electron chi connectivity index (χ2n) is 15.0. The lowest BCUT2D eigenvalue weighted by Gasteiger charge is -2.58. The Morgan fingerprint density at radius 1 is 0.978 bits per heavy atom. The van der Waals surface area contributed by atoms with Gasteiger partial charge in [-0.2, -0.15) is 0 Å². The Kier molecular flexibility index (Phi) is 14.7. The van der Waals surface area contributed by atoms with E-state index in [9.17, 15) is 4.79 Å². The molecule has 4 aliphatic carbocycles. The van der Waals surface area contributed by atoms with Crippen LogP contribution >= 0.6 is 0 Å². The van der Waals surface area contributed by atoms with Crippen LogP contribution in [-0.4, -0.2) is 52.3 Å². The average molecular weight is 652 g/mol. The zero-order valence-electron chi connectivity index (χ0n) is 29.3. The van der Waals surface area contributed by atoms with Gasteiger partial charge in [0.05, 0.1) is 19.8 Å².